The van der Waals surface area contributed by atoms with Crippen molar-refractivity contribution in [3.05, 3.63) is 34.4 Å². The maximum atomic E-state index is 11.2. The highest BCUT2D eigenvalue weighted by Gasteiger charge is 2.25. The van der Waals surface area contributed by atoms with Gasteiger partial charge in [0, 0.05) is 0 Å². The van der Waals surface area contributed by atoms with Gasteiger partial charge in [0.25, 0.3) is 6.47 Å². The second-order valence-electron chi connectivity index (χ2n) is 10.7. The third-order valence-corrected chi connectivity index (χ3v) is 6.77. The molecule has 1 N–H and O–H groups in total. The number of benzene rings is 1. The van der Waals surface area contributed by atoms with Crippen LogP contribution in [0.5, 0.6) is 0 Å². The highest BCUT2D eigenvalue weighted by molar-refractivity contribution is 5.73. The van der Waals surface area contributed by atoms with Gasteiger partial charge in [0.2, 0.25) is 0 Å². The summed E-state index contributed by atoms with van der Waals surface area (Å²) in [7, 11) is 0. The minimum atomic E-state index is -0.698. The lowest BCUT2D eigenvalue weighted by atomic mass is 9.87. The van der Waals surface area contributed by atoms with Gasteiger partial charge in [0.15, 0.2) is 0 Å². The molecule has 0 aliphatic carbocycles. The van der Waals surface area contributed by atoms with Gasteiger partial charge in [0.1, 0.15) is 5.60 Å². The van der Waals surface area contributed by atoms with Gasteiger partial charge in [-0.25, -0.2) is 0 Å². The molecule has 0 heterocycles. The van der Waals surface area contributed by atoms with E-state index in [4.69, 9.17) is 4.74 Å². The molecular weight excluding hydrogens is 400 g/mol. The van der Waals surface area contributed by atoms with Crippen molar-refractivity contribution >= 4 is 12.4 Å². The van der Waals surface area contributed by atoms with E-state index in [-0.39, 0.29) is 5.60 Å². The van der Waals surface area contributed by atoms with Crippen LogP contribution in [0, 0.1) is 19.3 Å². The van der Waals surface area contributed by atoms with Gasteiger partial charge in [-0.2, -0.15) is 0 Å². The number of unbranched alkanes of at least 4 members (excludes halogenated alkanes) is 6. The van der Waals surface area contributed by atoms with Crippen LogP contribution in [-0.4, -0.2) is 23.1 Å². The first kappa shape index (κ1) is 28.2. The first-order valence-electron chi connectivity index (χ1n) is 12.4. The minimum absolute atomic E-state index is 0.351. The number of ether oxygens (including phenoxy) is 1. The molecule has 0 amide bonds. The van der Waals surface area contributed by atoms with Crippen molar-refractivity contribution in [3.8, 4) is 0 Å². The van der Waals surface area contributed by atoms with Crippen LogP contribution >= 0.6 is 0 Å². The summed E-state index contributed by atoms with van der Waals surface area (Å²) in [5.41, 5.74) is 4.76. The number of carboxylic acids is 1. The van der Waals surface area contributed by atoms with Gasteiger partial charge >= 0.3 is 5.97 Å². The van der Waals surface area contributed by atoms with Crippen LogP contribution in [0.4, 0.5) is 0 Å². The number of hydrogen-bond acceptors (Lipinski definition) is 3. The van der Waals surface area contributed by atoms with Gasteiger partial charge < -0.3 is 9.84 Å². The quantitative estimate of drug-likeness (QED) is 0.201. The highest BCUT2D eigenvalue weighted by Crippen LogP contribution is 2.25. The van der Waals surface area contributed by atoms with Crippen LogP contribution in [0.25, 0.3) is 0 Å². The average molecular weight is 447 g/mol. The van der Waals surface area contributed by atoms with E-state index in [9.17, 15) is 14.7 Å². The topological polar surface area (TPSA) is 63.6 Å². The molecule has 0 aromatic heterocycles. The molecule has 182 valence electrons. The Labute approximate surface area is 196 Å². The summed E-state index contributed by atoms with van der Waals surface area (Å²) in [6, 6.07) is 4.73. The van der Waals surface area contributed by atoms with E-state index in [2.05, 4.69) is 26.0 Å². The Morgan fingerprint density at radius 3 is 2.03 bits per heavy atom. The SMILES string of the molecule is Cc1cc(CCCCCCC(C)(C)C(=O)O)cc(CCCCCCC(C)(C)OC=O)c1C. The van der Waals surface area contributed by atoms with Crippen molar-refractivity contribution < 1.29 is 19.4 Å². The molecule has 0 aliphatic heterocycles. The van der Waals surface area contributed by atoms with Crippen molar-refractivity contribution in [2.45, 2.75) is 124 Å². The second-order valence-corrected chi connectivity index (χ2v) is 10.7. The zero-order valence-corrected chi connectivity index (χ0v) is 21.4. The number of carboxylic acid groups (broad SMARTS) is 1. The van der Waals surface area contributed by atoms with Gasteiger partial charge in [-0.15, -0.1) is 0 Å². The van der Waals surface area contributed by atoms with E-state index < -0.39 is 11.4 Å². The van der Waals surface area contributed by atoms with E-state index >= 15 is 0 Å². The van der Waals surface area contributed by atoms with Gasteiger partial charge in [0.05, 0.1) is 5.41 Å². The van der Waals surface area contributed by atoms with E-state index in [0.717, 1.165) is 57.8 Å². The van der Waals surface area contributed by atoms with E-state index in [0.29, 0.717) is 6.47 Å². The van der Waals surface area contributed by atoms with Crippen LogP contribution in [-0.2, 0) is 27.2 Å². The third kappa shape index (κ3) is 10.7. The number of carbonyl (C=O) groups is 2. The second kappa shape index (κ2) is 13.6. The molecular formula is C28H46O4. The molecule has 4 heteroatoms. The number of carbonyl (C=O) groups excluding carboxylic acids is 1. The third-order valence-electron chi connectivity index (χ3n) is 6.77. The lowest BCUT2D eigenvalue weighted by molar-refractivity contribution is -0.147. The molecule has 1 rings (SSSR count). The lowest BCUT2D eigenvalue weighted by Crippen LogP contribution is -2.23. The van der Waals surface area contributed by atoms with Gasteiger partial charge in [-0.05, 0) is 109 Å². The number of aryl methyl sites for hydroxylation is 3. The van der Waals surface area contributed by atoms with Crippen molar-refractivity contribution in [2.24, 2.45) is 5.41 Å². The lowest BCUT2D eigenvalue weighted by Gasteiger charge is -2.22. The monoisotopic (exact) mass is 446 g/mol. The van der Waals surface area contributed by atoms with Crippen LogP contribution in [0.3, 0.4) is 0 Å². The molecule has 0 unspecified atom stereocenters. The maximum absolute atomic E-state index is 11.2. The van der Waals surface area contributed by atoms with Crippen molar-refractivity contribution in [1.29, 1.82) is 0 Å². The predicted octanol–water partition coefficient (Wildman–Crippen LogP) is 7.35. The number of hydrogen-bond donors (Lipinski definition) is 1. The molecule has 0 saturated carbocycles. The van der Waals surface area contributed by atoms with Gasteiger partial charge in [-0.1, -0.05) is 44.2 Å². The summed E-state index contributed by atoms with van der Waals surface area (Å²) >= 11 is 0. The molecule has 0 aliphatic rings. The van der Waals surface area contributed by atoms with E-state index in [1.54, 1.807) is 0 Å². The van der Waals surface area contributed by atoms with Crippen LogP contribution in [0.15, 0.2) is 12.1 Å². The zero-order chi connectivity index (χ0) is 24.2. The Morgan fingerprint density at radius 2 is 1.44 bits per heavy atom. The largest absolute Gasteiger partial charge is 0.481 e. The Balaban J connectivity index is 2.37. The molecule has 0 atom stereocenters. The summed E-state index contributed by atoms with van der Waals surface area (Å²) < 4.78 is 5.12. The van der Waals surface area contributed by atoms with E-state index in [1.807, 2.05) is 27.7 Å². The van der Waals surface area contributed by atoms with Gasteiger partial charge in [-0.3, -0.25) is 9.59 Å². The fourth-order valence-corrected chi connectivity index (χ4v) is 4.18. The Bertz CT molecular complexity index is 718. The molecule has 0 radical (unpaired) electrons. The van der Waals surface area contributed by atoms with Crippen LogP contribution in [0.1, 0.15) is 114 Å². The summed E-state index contributed by atoms with van der Waals surface area (Å²) in [5, 5.41) is 9.21. The average Bonchev–Trinajstić information content (AvgIpc) is 2.70. The normalized spacial score (nSPS) is 12.1. The minimum Gasteiger partial charge on any atom is -0.481 e. The Kier molecular flexibility index (Phi) is 12.0. The smallest absolute Gasteiger partial charge is 0.309 e. The Hall–Kier alpha value is -1.84. The predicted molar refractivity (Wildman–Crippen MR) is 132 cm³/mol. The zero-order valence-electron chi connectivity index (χ0n) is 21.4. The molecule has 0 bridgehead atoms. The molecule has 0 spiro atoms. The first-order chi connectivity index (χ1) is 15.0. The molecule has 0 saturated heterocycles. The Morgan fingerprint density at radius 1 is 0.875 bits per heavy atom. The van der Waals surface area contributed by atoms with Crippen molar-refractivity contribution in [3.63, 3.8) is 0 Å². The summed E-state index contributed by atoms with van der Waals surface area (Å²) in [4.78, 5) is 21.7. The molecule has 4 nitrogen and oxygen atoms in total. The molecule has 32 heavy (non-hydrogen) atoms. The molecule has 1 aromatic rings. The van der Waals surface area contributed by atoms with Crippen molar-refractivity contribution in [2.75, 3.05) is 0 Å². The summed E-state index contributed by atoms with van der Waals surface area (Å²) in [6.45, 7) is 12.6. The standard InChI is InChI=1S/C28H46O4/c1-22-19-24(15-11-7-9-13-17-27(3,4)26(30)31)20-25(23(22)2)16-12-8-10-14-18-28(5,6)32-21-29/h19-21H,7-18H2,1-6H3,(H,30,31). The number of aliphatic carboxylic acids is 1. The number of rotatable bonds is 17. The maximum Gasteiger partial charge on any atom is 0.309 e. The summed E-state index contributed by atoms with van der Waals surface area (Å²) in [5.74, 6) is -0.698. The first-order valence-corrected chi connectivity index (χ1v) is 12.4. The van der Waals surface area contributed by atoms with Crippen LogP contribution < -0.4 is 0 Å². The van der Waals surface area contributed by atoms with E-state index in [1.165, 1.54) is 41.5 Å². The highest BCUT2D eigenvalue weighted by atomic mass is 16.5. The fraction of sp³-hybridized carbons (Fsp3) is 0.714. The van der Waals surface area contributed by atoms with Crippen LogP contribution in [0.2, 0.25) is 0 Å². The summed E-state index contributed by atoms with van der Waals surface area (Å²) in [6.07, 6.45) is 12.9. The molecule has 1 aromatic carbocycles. The van der Waals surface area contributed by atoms with Crippen molar-refractivity contribution in [1.82, 2.24) is 0 Å². The fourth-order valence-electron chi connectivity index (χ4n) is 4.18. The molecule has 0 fully saturated rings.